The number of unbranched alkanes of at least 4 members (excludes halogenated alkanes) is 2. The molecule has 3 aromatic rings. The van der Waals surface area contributed by atoms with Crippen LogP contribution in [0.5, 0.6) is 5.75 Å². The van der Waals surface area contributed by atoms with Crippen molar-refractivity contribution in [3.63, 3.8) is 0 Å². The first kappa shape index (κ1) is 23.8. The minimum Gasteiger partial charge on any atom is -0.490 e. The number of hydrogen-bond acceptors (Lipinski definition) is 4. The second kappa shape index (κ2) is 10.7. The monoisotopic (exact) mass is 489 g/mol. The molecule has 4 rings (SSSR count). The van der Waals surface area contributed by atoms with E-state index >= 15 is 0 Å². The number of halogens is 2. The van der Waals surface area contributed by atoms with Gasteiger partial charge in [0.05, 0.1) is 36.0 Å². The number of rotatable bonds is 11. The van der Waals surface area contributed by atoms with Crippen molar-refractivity contribution in [2.45, 2.75) is 58.5 Å². The van der Waals surface area contributed by atoms with E-state index in [1.165, 1.54) is 0 Å². The van der Waals surface area contributed by atoms with Gasteiger partial charge in [0.2, 0.25) is 0 Å². The second-order valence-electron chi connectivity index (χ2n) is 8.69. The Morgan fingerprint density at radius 2 is 1.85 bits per heavy atom. The summed E-state index contributed by atoms with van der Waals surface area (Å²) < 4.78 is 17.3. The van der Waals surface area contributed by atoms with Crippen LogP contribution in [0.4, 0.5) is 0 Å². The molecular formula is C26H29Cl2NO4. The van der Waals surface area contributed by atoms with E-state index in [2.05, 4.69) is 13.8 Å². The van der Waals surface area contributed by atoms with Gasteiger partial charge in [0.1, 0.15) is 17.3 Å². The van der Waals surface area contributed by atoms with Gasteiger partial charge in [-0.2, -0.15) is 0 Å². The summed E-state index contributed by atoms with van der Waals surface area (Å²) in [7, 11) is 0. The van der Waals surface area contributed by atoms with Gasteiger partial charge in [0.25, 0.3) is 5.91 Å². The molecule has 2 aromatic heterocycles. The van der Waals surface area contributed by atoms with Crippen molar-refractivity contribution in [3.8, 4) is 5.75 Å². The van der Waals surface area contributed by atoms with Crippen molar-refractivity contribution in [3.05, 3.63) is 75.6 Å². The quantitative estimate of drug-likeness (QED) is 0.258. The molecule has 0 spiro atoms. The van der Waals surface area contributed by atoms with Crippen LogP contribution in [-0.2, 0) is 13.1 Å². The smallest absolute Gasteiger partial charge is 0.254 e. The molecule has 1 fully saturated rings. The van der Waals surface area contributed by atoms with Crippen molar-refractivity contribution in [2.75, 3.05) is 6.61 Å². The average Bonchev–Trinajstić information content (AvgIpc) is 3.17. The molecule has 0 N–H and O–H groups in total. The fourth-order valence-electron chi connectivity index (χ4n) is 3.91. The molecule has 0 aliphatic heterocycles. The number of carbonyl (C=O) groups is 1. The summed E-state index contributed by atoms with van der Waals surface area (Å²) in [4.78, 5) is 15.1. The third kappa shape index (κ3) is 5.96. The summed E-state index contributed by atoms with van der Waals surface area (Å²) in [5.74, 6) is 3.73. The second-order valence-corrected chi connectivity index (χ2v) is 9.50. The van der Waals surface area contributed by atoms with Crippen LogP contribution in [0.3, 0.4) is 0 Å². The van der Waals surface area contributed by atoms with Gasteiger partial charge in [-0.15, -0.1) is 0 Å². The molecule has 2 unspecified atom stereocenters. The molecule has 0 radical (unpaired) electrons. The van der Waals surface area contributed by atoms with Crippen LogP contribution in [-0.4, -0.2) is 17.4 Å². The lowest BCUT2D eigenvalue weighted by Gasteiger charge is -2.21. The Morgan fingerprint density at radius 1 is 1.12 bits per heavy atom. The standard InChI is InChI=1S/C26H29Cl2NO4/c1-3-4-5-10-32-25-22(27)13-18(14-23(25)28)26(30)29(15-19-7-6-11-31-19)16-20-8-9-24(33-20)21-12-17(21)2/h6-9,11,13-14,17,21H,3-5,10,12,15-16H2,1-2H3. The Hall–Kier alpha value is -2.37. The molecule has 7 heteroatoms. The van der Waals surface area contributed by atoms with Gasteiger partial charge in [-0.05, 0) is 55.2 Å². The molecule has 2 heterocycles. The third-order valence-electron chi connectivity index (χ3n) is 5.96. The third-order valence-corrected chi connectivity index (χ3v) is 6.52. The van der Waals surface area contributed by atoms with Crippen LogP contribution in [0.2, 0.25) is 10.0 Å². The lowest BCUT2D eigenvalue weighted by atomic mass is 10.1. The van der Waals surface area contributed by atoms with E-state index in [0.717, 1.165) is 37.2 Å². The normalized spacial score (nSPS) is 17.2. The number of furan rings is 2. The maximum atomic E-state index is 13.5. The number of hydrogen-bond donors (Lipinski definition) is 0. The van der Waals surface area contributed by atoms with Gasteiger partial charge in [-0.3, -0.25) is 4.79 Å². The molecule has 33 heavy (non-hydrogen) atoms. The number of amides is 1. The van der Waals surface area contributed by atoms with E-state index in [1.54, 1.807) is 29.4 Å². The van der Waals surface area contributed by atoms with Crippen LogP contribution in [0, 0.1) is 5.92 Å². The Kier molecular flexibility index (Phi) is 7.71. The molecule has 1 aliphatic rings. The van der Waals surface area contributed by atoms with Crippen molar-refractivity contribution in [1.29, 1.82) is 0 Å². The molecule has 1 amide bonds. The zero-order chi connectivity index (χ0) is 23.4. The molecule has 1 saturated carbocycles. The van der Waals surface area contributed by atoms with Crippen molar-refractivity contribution < 1.29 is 18.4 Å². The minimum absolute atomic E-state index is 0.217. The minimum atomic E-state index is -0.217. The average molecular weight is 490 g/mol. The zero-order valence-corrected chi connectivity index (χ0v) is 20.5. The van der Waals surface area contributed by atoms with Crippen LogP contribution < -0.4 is 4.74 Å². The maximum absolute atomic E-state index is 13.5. The van der Waals surface area contributed by atoms with Gasteiger partial charge in [0, 0.05) is 11.5 Å². The van der Waals surface area contributed by atoms with Crippen LogP contribution in [0.1, 0.15) is 73.1 Å². The Morgan fingerprint density at radius 3 is 2.48 bits per heavy atom. The van der Waals surface area contributed by atoms with Crippen LogP contribution in [0.25, 0.3) is 0 Å². The molecule has 0 bridgehead atoms. The van der Waals surface area contributed by atoms with Crippen LogP contribution in [0.15, 0.2) is 51.5 Å². The number of benzene rings is 1. The predicted molar refractivity (Wildman–Crippen MR) is 129 cm³/mol. The first-order valence-electron chi connectivity index (χ1n) is 11.5. The van der Waals surface area contributed by atoms with E-state index in [9.17, 15) is 4.79 Å². The highest BCUT2D eigenvalue weighted by Gasteiger charge is 2.36. The Labute approximate surface area is 204 Å². The SMILES string of the molecule is CCCCCOc1c(Cl)cc(C(=O)N(Cc2ccco2)Cc2ccc(C3CC3C)o2)cc1Cl. The van der Waals surface area contributed by atoms with E-state index < -0.39 is 0 Å². The summed E-state index contributed by atoms with van der Waals surface area (Å²) in [6.45, 7) is 5.48. The van der Waals surface area contributed by atoms with Gasteiger partial charge in [0.15, 0.2) is 5.75 Å². The number of ether oxygens (including phenoxy) is 1. The molecule has 0 saturated heterocycles. The lowest BCUT2D eigenvalue weighted by Crippen LogP contribution is -2.30. The Bertz CT molecular complexity index is 1050. The van der Waals surface area contributed by atoms with Gasteiger partial charge in [-0.25, -0.2) is 0 Å². The van der Waals surface area contributed by atoms with E-state index in [0.29, 0.717) is 58.7 Å². The molecule has 1 aliphatic carbocycles. The highest BCUT2D eigenvalue weighted by molar-refractivity contribution is 6.37. The van der Waals surface area contributed by atoms with Gasteiger partial charge >= 0.3 is 0 Å². The number of carbonyl (C=O) groups excluding carboxylic acids is 1. The van der Waals surface area contributed by atoms with E-state index in [4.69, 9.17) is 36.8 Å². The summed E-state index contributed by atoms with van der Waals surface area (Å²) >= 11 is 12.9. The van der Waals surface area contributed by atoms with Crippen molar-refractivity contribution >= 4 is 29.1 Å². The van der Waals surface area contributed by atoms with Crippen molar-refractivity contribution in [2.24, 2.45) is 5.92 Å². The van der Waals surface area contributed by atoms with Crippen LogP contribution >= 0.6 is 23.2 Å². The summed E-state index contributed by atoms with van der Waals surface area (Å²) in [5.41, 5.74) is 0.389. The molecule has 2 atom stereocenters. The summed E-state index contributed by atoms with van der Waals surface area (Å²) in [5, 5.41) is 0.645. The predicted octanol–water partition coefficient (Wildman–Crippen LogP) is 7.71. The molecular weight excluding hydrogens is 461 g/mol. The largest absolute Gasteiger partial charge is 0.490 e. The van der Waals surface area contributed by atoms with Gasteiger partial charge in [-0.1, -0.05) is 49.9 Å². The van der Waals surface area contributed by atoms with E-state index in [1.807, 2.05) is 18.2 Å². The fourth-order valence-corrected chi connectivity index (χ4v) is 4.50. The highest BCUT2D eigenvalue weighted by atomic mass is 35.5. The first-order valence-corrected chi connectivity index (χ1v) is 12.2. The zero-order valence-electron chi connectivity index (χ0n) is 19.0. The number of nitrogens with zero attached hydrogens (tertiary/aromatic N) is 1. The lowest BCUT2D eigenvalue weighted by molar-refractivity contribution is 0.0704. The first-order chi connectivity index (χ1) is 16.0. The van der Waals surface area contributed by atoms with Gasteiger partial charge < -0.3 is 18.5 Å². The Balaban J connectivity index is 1.52. The van der Waals surface area contributed by atoms with Crippen molar-refractivity contribution in [1.82, 2.24) is 4.90 Å². The summed E-state index contributed by atoms with van der Waals surface area (Å²) in [6, 6.07) is 10.8. The molecule has 1 aromatic carbocycles. The molecule has 176 valence electrons. The highest BCUT2D eigenvalue weighted by Crippen LogP contribution is 2.47. The summed E-state index contributed by atoms with van der Waals surface area (Å²) in [6.07, 6.45) is 5.83. The van der Waals surface area contributed by atoms with E-state index in [-0.39, 0.29) is 5.91 Å². The topological polar surface area (TPSA) is 55.8 Å². The maximum Gasteiger partial charge on any atom is 0.254 e. The fraction of sp³-hybridized carbons (Fsp3) is 0.423. The molecule has 5 nitrogen and oxygen atoms in total.